The van der Waals surface area contributed by atoms with Crippen LogP contribution in [0.2, 0.25) is 10.2 Å². The molecule has 0 bridgehead atoms. The first-order valence-corrected chi connectivity index (χ1v) is 7.20. The van der Waals surface area contributed by atoms with Crippen molar-refractivity contribution in [1.82, 2.24) is 24.6 Å². The summed E-state index contributed by atoms with van der Waals surface area (Å²) in [6, 6.07) is 1.64. The third-order valence-corrected chi connectivity index (χ3v) is 3.40. The smallest absolute Gasteiger partial charge is 0.260 e. The van der Waals surface area contributed by atoms with E-state index in [1.807, 2.05) is 0 Å². The summed E-state index contributed by atoms with van der Waals surface area (Å²) in [4.78, 5) is 12.5. The van der Waals surface area contributed by atoms with Crippen molar-refractivity contribution in [1.29, 1.82) is 0 Å². The van der Waals surface area contributed by atoms with Crippen LogP contribution in [0, 0.1) is 0 Å². The zero-order valence-electron chi connectivity index (χ0n) is 11.4. The Hall–Kier alpha value is -2.18. The van der Waals surface area contributed by atoms with Crippen molar-refractivity contribution < 1.29 is 4.74 Å². The zero-order chi connectivity index (χ0) is 15.5. The molecule has 0 atom stereocenters. The molecule has 0 N–H and O–H groups in total. The molecule has 3 aromatic rings. The summed E-state index contributed by atoms with van der Waals surface area (Å²) in [5.74, 6) is 0.376. The van der Waals surface area contributed by atoms with E-state index in [4.69, 9.17) is 27.9 Å². The lowest BCUT2D eigenvalue weighted by atomic mass is 10.2. The molecule has 6 nitrogen and oxygen atoms in total. The van der Waals surface area contributed by atoms with Gasteiger partial charge in [-0.3, -0.25) is 0 Å². The highest BCUT2D eigenvalue weighted by molar-refractivity contribution is 6.34. The topological polar surface area (TPSA) is 65.2 Å². The first-order chi connectivity index (χ1) is 10.7. The lowest BCUT2D eigenvalue weighted by molar-refractivity contribution is 0.314. The number of aromatic nitrogens is 5. The van der Waals surface area contributed by atoms with Gasteiger partial charge in [0.15, 0.2) is 0 Å². The minimum Gasteiger partial charge on any atom is -0.475 e. The highest BCUT2D eigenvalue weighted by atomic mass is 35.5. The second-order valence-corrected chi connectivity index (χ2v) is 5.17. The molecule has 0 saturated heterocycles. The van der Waals surface area contributed by atoms with Crippen LogP contribution in [-0.2, 0) is 0 Å². The van der Waals surface area contributed by atoms with E-state index in [1.54, 1.807) is 22.9 Å². The van der Waals surface area contributed by atoms with E-state index in [-0.39, 0.29) is 0 Å². The molecule has 8 heteroatoms. The third-order valence-electron chi connectivity index (χ3n) is 2.89. The number of hydrogen-bond acceptors (Lipinski definition) is 5. The minimum absolute atomic E-state index is 0.328. The molecule has 0 aliphatic carbocycles. The van der Waals surface area contributed by atoms with Crippen molar-refractivity contribution in [2.24, 2.45) is 0 Å². The first kappa shape index (κ1) is 14.7. The van der Waals surface area contributed by atoms with Crippen molar-refractivity contribution in [2.45, 2.75) is 6.42 Å². The molecule has 0 fully saturated rings. The number of ether oxygens (including phenoxy) is 1. The Balaban J connectivity index is 2.10. The predicted molar refractivity (Wildman–Crippen MR) is 84.3 cm³/mol. The normalized spacial score (nSPS) is 10.8. The van der Waals surface area contributed by atoms with E-state index in [2.05, 4.69) is 26.6 Å². The van der Waals surface area contributed by atoms with Crippen molar-refractivity contribution >= 4 is 28.8 Å². The number of rotatable bonds is 5. The molecule has 0 spiro atoms. The Morgan fingerprint density at radius 2 is 2.18 bits per heavy atom. The Labute approximate surface area is 136 Å². The van der Waals surface area contributed by atoms with Crippen molar-refractivity contribution in [3.8, 4) is 17.1 Å². The van der Waals surface area contributed by atoms with Gasteiger partial charge >= 0.3 is 0 Å². The van der Waals surface area contributed by atoms with E-state index < -0.39 is 0 Å². The van der Waals surface area contributed by atoms with Crippen molar-refractivity contribution in [2.75, 3.05) is 6.61 Å². The Kier molecular flexibility index (Phi) is 4.22. The lowest BCUT2D eigenvalue weighted by Crippen LogP contribution is -2.03. The highest BCUT2D eigenvalue weighted by Crippen LogP contribution is 2.29. The molecule has 0 aliphatic rings. The average molecular weight is 336 g/mol. The molecule has 3 rings (SSSR count). The lowest BCUT2D eigenvalue weighted by Gasteiger charge is -2.09. The van der Waals surface area contributed by atoms with Gasteiger partial charge in [0, 0.05) is 11.8 Å². The summed E-state index contributed by atoms with van der Waals surface area (Å²) in [6.45, 7) is 4.11. The molecular formula is C14H11Cl2N5O. The predicted octanol–water partition coefficient (Wildman–Crippen LogP) is 3.45. The molecule has 3 heterocycles. The highest BCUT2D eigenvalue weighted by Gasteiger charge is 2.14. The van der Waals surface area contributed by atoms with E-state index in [1.165, 1.54) is 12.5 Å². The van der Waals surface area contributed by atoms with Gasteiger partial charge in [-0.2, -0.15) is 5.10 Å². The van der Waals surface area contributed by atoms with Gasteiger partial charge < -0.3 is 4.74 Å². The molecular weight excluding hydrogens is 325 g/mol. The van der Waals surface area contributed by atoms with Gasteiger partial charge in [-0.05, 0) is 12.5 Å². The fraction of sp³-hybridized carbons (Fsp3) is 0.143. The van der Waals surface area contributed by atoms with Crippen LogP contribution in [0.15, 0.2) is 37.4 Å². The fourth-order valence-electron chi connectivity index (χ4n) is 1.88. The van der Waals surface area contributed by atoms with Gasteiger partial charge in [0.25, 0.3) is 5.88 Å². The second-order valence-electron chi connectivity index (χ2n) is 4.37. The summed E-state index contributed by atoms with van der Waals surface area (Å²) < 4.78 is 7.23. The summed E-state index contributed by atoms with van der Waals surface area (Å²) >= 11 is 12.1. The van der Waals surface area contributed by atoms with E-state index >= 15 is 0 Å². The van der Waals surface area contributed by atoms with Crippen LogP contribution in [0.1, 0.15) is 6.42 Å². The number of hydrogen-bond donors (Lipinski definition) is 0. The fourth-order valence-corrected chi connectivity index (χ4v) is 2.23. The summed E-state index contributed by atoms with van der Waals surface area (Å²) in [5.41, 5.74) is 1.75. The van der Waals surface area contributed by atoms with Crippen LogP contribution in [0.25, 0.3) is 16.9 Å². The van der Waals surface area contributed by atoms with Crippen LogP contribution in [0.3, 0.4) is 0 Å². The maximum Gasteiger partial charge on any atom is 0.260 e. The van der Waals surface area contributed by atoms with Crippen LogP contribution in [-0.4, -0.2) is 31.2 Å². The van der Waals surface area contributed by atoms with Gasteiger partial charge in [-0.1, -0.05) is 29.3 Å². The molecule has 0 radical (unpaired) electrons. The van der Waals surface area contributed by atoms with Crippen LogP contribution < -0.4 is 4.74 Å². The first-order valence-electron chi connectivity index (χ1n) is 6.44. The zero-order valence-corrected chi connectivity index (χ0v) is 12.9. The maximum atomic E-state index is 6.17. The minimum atomic E-state index is 0.328. The standard InChI is InChI=1S/C14H11Cl2N5O/c1-2-3-4-22-14-13-18-8-19-21(13)7-11(20-14)9-5-12(16)17-6-10(9)15/h2,5-8H,1,3-4H2. The van der Waals surface area contributed by atoms with E-state index in [0.717, 1.165) is 0 Å². The summed E-state index contributed by atoms with van der Waals surface area (Å²) in [7, 11) is 0. The molecule has 3 aromatic heterocycles. The van der Waals surface area contributed by atoms with Crippen LogP contribution in [0.4, 0.5) is 0 Å². The molecule has 0 amide bonds. The molecule has 112 valence electrons. The van der Waals surface area contributed by atoms with Crippen molar-refractivity contribution in [3.05, 3.63) is 47.6 Å². The van der Waals surface area contributed by atoms with Gasteiger partial charge in [0.05, 0.1) is 23.5 Å². The van der Waals surface area contributed by atoms with Gasteiger partial charge in [0.1, 0.15) is 11.5 Å². The summed E-state index contributed by atoms with van der Waals surface area (Å²) in [6.07, 6.45) is 7.09. The molecule has 0 saturated carbocycles. The monoisotopic (exact) mass is 335 g/mol. The Morgan fingerprint density at radius 1 is 1.32 bits per heavy atom. The third kappa shape index (κ3) is 2.88. The summed E-state index contributed by atoms with van der Waals surface area (Å²) in [5, 5.41) is 4.89. The number of halogens is 2. The SMILES string of the molecule is C=CCCOc1nc(-c2cc(Cl)ncc2Cl)cn2ncnc12. The number of fused-ring (bicyclic) bond motifs is 1. The van der Waals surface area contributed by atoms with Gasteiger partial charge in [-0.25, -0.2) is 19.5 Å². The second kappa shape index (κ2) is 6.29. The van der Waals surface area contributed by atoms with E-state index in [9.17, 15) is 0 Å². The Bertz CT molecular complexity index is 833. The van der Waals surface area contributed by atoms with Crippen molar-refractivity contribution in [3.63, 3.8) is 0 Å². The van der Waals surface area contributed by atoms with Gasteiger partial charge in [-0.15, -0.1) is 6.58 Å². The number of pyridine rings is 1. The largest absolute Gasteiger partial charge is 0.475 e. The number of nitrogens with zero attached hydrogens (tertiary/aromatic N) is 5. The van der Waals surface area contributed by atoms with Crippen LogP contribution in [0.5, 0.6) is 5.88 Å². The molecule has 0 aromatic carbocycles. The van der Waals surface area contributed by atoms with Gasteiger partial charge in [0.2, 0.25) is 5.65 Å². The van der Waals surface area contributed by atoms with Crippen LogP contribution >= 0.6 is 23.2 Å². The Morgan fingerprint density at radius 3 is 3.00 bits per heavy atom. The molecule has 0 aliphatic heterocycles. The van der Waals surface area contributed by atoms with E-state index in [0.29, 0.717) is 46.0 Å². The average Bonchev–Trinajstić information content (AvgIpc) is 2.98. The quantitative estimate of drug-likeness (QED) is 0.406. The maximum absolute atomic E-state index is 6.17. The molecule has 22 heavy (non-hydrogen) atoms. The molecule has 0 unspecified atom stereocenters.